The van der Waals surface area contributed by atoms with Crippen LogP contribution in [0.15, 0.2) is 18.2 Å². The summed E-state index contributed by atoms with van der Waals surface area (Å²) < 4.78 is 13.0. The first-order chi connectivity index (χ1) is 8.08. The molecule has 17 heavy (non-hydrogen) atoms. The number of hydrogen-bond donors (Lipinski definition) is 1. The van der Waals surface area contributed by atoms with E-state index in [-0.39, 0.29) is 11.7 Å². The molecule has 0 saturated carbocycles. The van der Waals surface area contributed by atoms with Crippen LogP contribution in [-0.2, 0) is 0 Å². The zero-order valence-corrected chi connectivity index (χ0v) is 10.2. The first-order valence-electron chi connectivity index (χ1n) is 5.87. The fourth-order valence-electron chi connectivity index (χ4n) is 2.15. The summed E-state index contributed by atoms with van der Waals surface area (Å²) in [4.78, 5) is 14.1. The fraction of sp³-hybridized carbons (Fsp3) is 0.462. The van der Waals surface area contributed by atoms with E-state index in [9.17, 15) is 9.18 Å². The van der Waals surface area contributed by atoms with Crippen LogP contribution in [0.4, 0.5) is 4.39 Å². The number of nitrogens with zero attached hydrogens (tertiary/aromatic N) is 1. The minimum absolute atomic E-state index is 0.00384. The molecule has 0 bridgehead atoms. The summed E-state index contributed by atoms with van der Waals surface area (Å²) >= 11 is 0. The van der Waals surface area contributed by atoms with Crippen molar-refractivity contribution < 1.29 is 9.18 Å². The molecule has 1 fully saturated rings. The van der Waals surface area contributed by atoms with Gasteiger partial charge in [0.15, 0.2) is 0 Å². The van der Waals surface area contributed by atoms with Crippen molar-refractivity contribution in [3.63, 3.8) is 0 Å². The van der Waals surface area contributed by atoms with Crippen LogP contribution in [-0.4, -0.2) is 36.5 Å². The molecule has 2 rings (SSSR count). The Labute approximate surface area is 101 Å². The Bertz CT molecular complexity index is 433. The molecule has 1 aromatic rings. The predicted molar refractivity (Wildman–Crippen MR) is 64.5 cm³/mol. The van der Waals surface area contributed by atoms with Crippen molar-refractivity contribution in [2.75, 3.05) is 19.6 Å². The molecular formula is C13H17FN2O. The van der Waals surface area contributed by atoms with Gasteiger partial charge in [0.1, 0.15) is 5.82 Å². The Balaban J connectivity index is 2.18. The lowest BCUT2D eigenvalue weighted by Gasteiger charge is -2.32. The van der Waals surface area contributed by atoms with Crippen LogP contribution < -0.4 is 5.32 Å². The zero-order chi connectivity index (χ0) is 12.4. The molecule has 1 saturated heterocycles. The first-order valence-corrected chi connectivity index (χ1v) is 5.87. The molecule has 1 heterocycles. The van der Waals surface area contributed by atoms with E-state index in [1.54, 1.807) is 13.0 Å². The lowest BCUT2D eigenvalue weighted by atomic mass is 10.1. The molecule has 3 nitrogen and oxygen atoms in total. The van der Waals surface area contributed by atoms with Gasteiger partial charge in [-0.3, -0.25) is 4.79 Å². The van der Waals surface area contributed by atoms with Gasteiger partial charge >= 0.3 is 0 Å². The molecule has 0 aliphatic carbocycles. The van der Waals surface area contributed by atoms with Gasteiger partial charge in [0.2, 0.25) is 0 Å². The van der Waals surface area contributed by atoms with Crippen LogP contribution in [0.2, 0.25) is 0 Å². The van der Waals surface area contributed by atoms with Crippen molar-refractivity contribution in [1.82, 2.24) is 10.2 Å². The number of benzene rings is 1. The summed E-state index contributed by atoms with van der Waals surface area (Å²) in [5, 5.41) is 3.29. The number of amides is 1. The second kappa shape index (κ2) is 4.84. The molecule has 0 spiro atoms. The Morgan fingerprint density at radius 2 is 2.29 bits per heavy atom. The van der Waals surface area contributed by atoms with E-state index < -0.39 is 0 Å². The van der Waals surface area contributed by atoms with Crippen LogP contribution in [0.3, 0.4) is 0 Å². The molecule has 1 atom stereocenters. The molecule has 4 heteroatoms. The van der Waals surface area contributed by atoms with E-state index in [4.69, 9.17) is 0 Å². The van der Waals surface area contributed by atoms with E-state index in [2.05, 4.69) is 12.2 Å². The van der Waals surface area contributed by atoms with Crippen molar-refractivity contribution in [3.8, 4) is 0 Å². The zero-order valence-electron chi connectivity index (χ0n) is 10.2. The molecule has 0 radical (unpaired) electrons. The van der Waals surface area contributed by atoms with Gasteiger partial charge < -0.3 is 10.2 Å². The highest BCUT2D eigenvalue weighted by Gasteiger charge is 2.22. The summed E-state index contributed by atoms with van der Waals surface area (Å²) in [5.41, 5.74) is 1.29. The standard InChI is InChI=1S/C13H17FN2O/c1-9-7-11(14)3-4-12(9)13(17)16-6-5-15-10(2)8-16/h3-4,7,10,15H,5-6,8H2,1-2H3/t10-/m0/s1. The van der Waals surface area contributed by atoms with Gasteiger partial charge in [-0.05, 0) is 37.6 Å². The van der Waals surface area contributed by atoms with Crippen molar-refractivity contribution in [3.05, 3.63) is 35.1 Å². The number of halogens is 1. The molecule has 92 valence electrons. The Hall–Kier alpha value is -1.42. The third-order valence-electron chi connectivity index (χ3n) is 3.07. The fourth-order valence-corrected chi connectivity index (χ4v) is 2.15. The normalized spacial score (nSPS) is 20.4. The van der Waals surface area contributed by atoms with E-state index >= 15 is 0 Å². The highest BCUT2D eigenvalue weighted by Crippen LogP contribution is 2.14. The van der Waals surface area contributed by atoms with Crippen LogP contribution in [0, 0.1) is 12.7 Å². The van der Waals surface area contributed by atoms with Crippen LogP contribution in [0.25, 0.3) is 0 Å². The van der Waals surface area contributed by atoms with E-state index in [0.29, 0.717) is 30.3 Å². The van der Waals surface area contributed by atoms with Crippen LogP contribution in [0.5, 0.6) is 0 Å². The average Bonchev–Trinajstić information content (AvgIpc) is 2.28. The summed E-state index contributed by atoms with van der Waals surface area (Å²) in [7, 11) is 0. The maximum atomic E-state index is 13.0. The molecule has 1 N–H and O–H groups in total. The van der Waals surface area contributed by atoms with Gasteiger partial charge in [-0.1, -0.05) is 0 Å². The lowest BCUT2D eigenvalue weighted by Crippen LogP contribution is -2.51. The van der Waals surface area contributed by atoms with Crippen LogP contribution in [0.1, 0.15) is 22.8 Å². The molecule has 1 aliphatic rings. The maximum Gasteiger partial charge on any atom is 0.254 e. The number of piperazine rings is 1. The Kier molecular flexibility index (Phi) is 3.43. The average molecular weight is 236 g/mol. The van der Waals surface area contributed by atoms with E-state index in [1.165, 1.54) is 12.1 Å². The van der Waals surface area contributed by atoms with Gasteiger partial charge in [0, 0.05) is 31.2 Å². The second-order valence-corrected chi connectivity index (χ2v) is 4.57. The Morgan fingerprint density at radius 1 is 1.53 bits per heavy atom. The number of hydrogen-bond acceptors (Lipinski definition) is 2. The quantitative estimate of drug-likeness (QED) is 0.802. The van der Waals surface area contributed by atoms with E-state index in [1.807, 2.05) is 4.90 Å². The molecule has 0 unspecified atom stereocenters. The monoisotopic (exact) mass is 236 g/mol. The van der Waals surface area contributed by atoms with Gasteiger partial charge in [-0.15, -0.1) is 0 Å². The highest BCUT2D eigenvalue weighted by atomic mass is 19.1. The Morgan fingerprint density at radius 3 is 2.94 bits per heavy atom. The lowest BCUT2D eigenvalue weighted by molar-refractivity contribution is 0.0708. The van der Waals surface area contributed by atoms with Crippen molar-refractivity contribution in [2.45, 2.75) is 19.9 Å². The molecule has 1 aliphatic heterocycles. The van der Waals surface area contributed by atoms with Gasteiger partial charge in [-0.2, -0.15) is 0 Å². The minimum Gasteiger partial charge on any atom is -0.336 e. The molecule has 1 amide bonds. The topological polar surface area (TPSA) is 32.3 Å². The first kappa shape index (κ1) is 12.0. The van der Waals surface area contributed by atoms with Gasteiger partial charge in [0.25, 0.3) is 5.91 Å². The molecule has 1 aromatic carbocycles. The SMILES string of the molecule is Cc1cc(F)ccc1C(=O)N1CCN[C@@H](C)C1. The number of nitrogens with one attached hydrogen (secondary N) is 1. The summed E-state index contributed by atoms with van der Waals surface area (Å²) in [5.74, 6) is -0.302. The number of aryl methyl sites for hydroxylation is 1. The summed E-state index contributed by atoms with van der Waals surface area (Å²) in [6, 6.07) is 4.62. The molecule has 0 aromatic heterocycles. The number of carbonyl (C=O) groups is 1. The number of rotatable bonds is 1. The van der Waals surface area contributed by atoms with Gasteiger partial charge in [0.05, 0.1) is 0 Å². The van der Waals surface area contributed by atoms with Gasteiger partial charge in [-0.25, -0.2) is 4.39 Å². The smallest absolute Gasteiger partial charge is 0.254 e. The highest BCUT2D eigenvalue weighted by molar-refractivity contribution is 5.95. The largest absolute Gasteiger partial charge is 0.336 e. The van der Waals surface area contributed by atoms with Crippen LogP contribution >= 0.6 is 0 Å². The predicted octanol–water partition coefficient (Wildman–Crippen LogP) is 1.57. The summed E-state index contributed by atoms with van der Waals surface area (Å²) in [6.07, 6.45) is 0. The molecular weight excluding hydrogens is 219 g/mol. The van der Waals surface area contributed by atoms with Crippen molar-refractivity contribution >= 4 is 5.91 Å². The van der Waals surface area contributed by atoms with Crippen molar-refractivity contribution in [1.29, 1.82) is 0 Å². The van der Waals surface area contributed by atoms with E-state index in [0.717, 1.165) is 6.54 Å². The third kappa shape index (κ3) is 2.64. The maximum absolute atomic E-state index is 13.0. The van der Waals surface area contributed by atoms with Crippen molar-refractivity contribution in [2.24, 2.45) is 0 Å². The number of carbonyl (C=O) groups excluding carboxylic acids is 1. The summed E-state index contributed by atoms with van der Waals surface area (Å²) in [6.45, 7) is 6.04. The minimum atomic E-state index is -0.298. The second-order valence-electron chi connectivity index (χ2n) is 4.57. The third-order valence-corrected chi connectivity index (χ3v) is 3.07.